The maximum absolute atomic E-state index is 3.64. The Labute approximate surface area is 103 Å². The van der Waals surface area contributed by atoms with Gasteiger partial charge in [-0.1, -0.05) is 35.2 Å². The molecule has 0 aromatic rings. The van der Waals surface area contributed by atoms with E-state index in [0.717, 1.165) is 17.9 Å². The average molecular weight is 274 g/mol. The van der Waals surface area contributed by atoms with Crippen molar-refractivity contribution in [2.75, 3.05) is 18.4 Å². The summed E-state index contributed by atoms with van der Waals surface area (Å²) in [5.41, 5.74) is 0. The van der Waals surface area contributed by atoms with Gasteiger partial charge in [0.25, 0.3) is 0 Å². The zero-order valence-electron chi connectivity index (χ0n) is 9.92. The molecular formula is C13H24BrN. The average Bonchev–Trinajstić information content (AvgIpc) is 2.62. The number of hydrogen-bond donors (Lipinski definition) is 0. The standard InChI is InChI=1S/C13H24BrN/c1-11-13(9-14)7-8-15(11)10-12-5-3-2-4-6-12/h11-13H,2-10H2,1H3. The Balaban J connectivity index is 1.79. The molecule has 0 aromatic heterocycles. The van der Waals surface area contributed by atoms with E-state index in [9.17, 15) is 0 Å². The van der Waals surface area contributed by atoms with Gasteiger partial charge in [0.05, 0.1) is 0 Å². The zero-order chi connectivity index (χ0) is 10.7. The Kier molecular flexibility index (Phi) is 4.51. The summed E-state index contributed by atoms with van der Waals surface area (Å²) in [6.07, 6.45) is 8.82. The smallest absolute Gasteiger partial charge is 0.0104 e. The molecule has 2 unspecified atom stereocenters. The molecule has 1 nitrogen and oxygen atoms in total. The Morgan fingerprint density at radius 3 is 2.47 bits per heavy atom. The predicted octanol–water partition coefficient (Wildman–Crippen LogP) is 3.67. The summed E-state index contributed by atoms with van der Waals surface area (Å²) < 4.78 is 0. The van der Waals surface area contributed by atoms with Crippen molar-refractivity contribution in [3.63, 3.8) is 0 Å². The lowest BCUT2D eigenvalue weighted by atomic mass is 9.89. The van der Waals surface area contributed by atoms with Gasteiger partial charge in [-0.15, -0.1) is 0 Å². The molecular weight excluding hydrogens is 250 g/mol. The molecule has 1 saturated carbocycles. The minimum atomic E-state index is 0.811. The van der Waals surface area contributed by atoms with Crippen molar-refractivity contribution in [2.45, 2.75) is 51.5 Å². The van der Waals surface area contributed by atoms with Crippen molar-refractivity contribution < 1.29 is 0 Å². The Hall–Kier alpha value is 0.440. The fourth-order valence-corrected chi connectivity index (χ4v) is 4.10. The maximum Gasteiger partial charge on any atom is 0.0104 e. The molecule has 0 radical (unpaired) electrons. The van der Waals surface area contributed by atoms with Crippen LogP contribution in [0.1, 0.15) is 45.4 Å². The van der Waals surface area contributed by atoms with Gasteiger partial charge in [0, 0.05) is 17.9 Å². The van der Waals surface area contributed by atoms with Gasteiger partial charge in [-0.05, 0) is 44.6 Å². The summed E-state index contributed by atoms with van der Waals surface area (Å²) >= 11 is 3.64. The molecule has 0 amide bonds. The summed E-state index contributed by atoms with van der Waals surface area (Å²) in [6.45, 7) is 5.14. The molecule has 15 heavy (non-hydrogen) atoms. The summed E-state index contributed by atoms with van der Waals surface area (Å²) in [7, 11) is 0. The van der Waals surface area contributed by atoms with E-state index >= 15 is 0 Å². The molecule has 0 bridgehead atoms. The second-order valence-electron chi connectivity index (χ2n) is 5.44. The number of alkyl halides is 1. The van der Waals surface area contributed by atoms with Crippen molar-refractivity contribution in [1.82, 2.24) is 4.90 Å². The van der Waals surface area contributed by atoms with Crippen LogP contribution in [0.5, 0.6) is 0 Å². The van der Waals surface area contributed by atoms with Crippen molar-refractivity contribution in [1.29, 1.82) is 0 Å². The van der Waals surface area contributed by atoms with Crippen LogP contribution in [0.2, 0.25) is 0 Å². The fourth-order valence-electron chi connectivity index (χ4n) is 3.24. The monoisotopic (exact) mass is 273 g/mol. The van der Waals surface area contributed by atoms with Crippen LogP contribution in [0.15, 0.2) is 0 Å². The molecule has 0 N–H and O–H groups in total. The second kappa shape index (κ2) is 5.67. The molecule has 2 rings (SSSR count). The first-order valence-electron chi connectivity index (χ1n) is 6.61. The molecule has 0 spiro atoms. The lowest BCUT2D eigenvalue weighted by Gasteiger charge is -2.30. The highest BCUT2D eigenvalue weighted by molar-refractivity contribution is 9.09. The molecule has 88 valence electrons. The number of rotatable bonds is 3. The summed E-state index contributed by atoms with van der Waals surface area (Å²) in [5, 5.41) is 1.19. The van der Waals surface area contributed by atoms with Gasteiger partial charge in [0.2, 0.25) is 0 Å². The zero-order valence-corrected chi connectivity index (χ0v) is 11.5. The van der Waals surface area contributed by atoms with Crippen molar-refractivity contribution in [3.05, 3.63) is 0 Å². The van der Waals surface area contributed by atoms with Crippen LogP contribution >= 0.6 is 15.9 Å². The lowest BCUT2D eigenvalue weighted by molar-refractivity contribution is 0.185. The molecule has 2 heteroatoms. The van der Waals surface area contributed by atoms with Crippen LogP contribution in [0.3, 0.4) is 0 Å². The maximum atomic E-state index is 3.64. The predicted molar refractivity (Wildman–Crippen MR) is 69.5 cm³/mol. The number of halogens is 1. The summed E-state index contributed by atoms with van der Waals surface area (Å²) in [5.74, 6) is 1.91. The van der Waals surface area contributed by atoms with Crippen molar-refractivity contribution >= 4 is 15.9 Å². The topological polar surface area (TPSA) is 3.24 Å². The molecule has 2 atom stereocenters. The van der Waals surface area contributed by atoms with Gasteiger partial charge in [-0.3, -0.25) is 0 Å². The van der Waals surface area contributed by atoms with Crippen LogP contribution in [0.4, 0.5) is 0 Å². The Morgan fingerprint density at radius 1 is 1.13 bits per heavy atom. The van der Waals surface area contributed by atoms with E-state index in [2.05, 4.69) is 27.8 Å². The first kappa shape index (κ1) is 11.9. The van der Waals surface area contributed by atoms with E-state index in [1.54, 1.807) is 0 Å². The second-order valence-corrected chi connectivity index (χ2v) is 6.09. The molecule has 2 fully saturated rings. The van der Waals surface area contributed by atoms with Crippen molar-refractivity contribution in [2.24, 2.45) is 11.8 Å². The fraction of sp³-hybridized carbons (Fsp3) is 1.00. The minimum Gasteiger partial charge on any atom is -0.300 e. The van der Waals surface area contributed by atoms with E-state index in [-0.39, 0.29) is 0 Å². The molecule has 1 aliphatic carbocycles. The Morgan fingerprint density at radius 2 is 1.87 bits per heavy atom. The normalized spacial score (nSPS) is 34.8. The van der Waals surface area contributed by atoms with Crippen LogP contribution in [-0.4, -0.2) is 29.4 Å². The van der Waals surface area contributed by atoms with Gasteiger partial charge in [-0.2, -0.15) is 0 Å². The van der Waals surface area contributed by atoms with Gasteiger partial charge in [0.15, 0.2) is 0 Å². The highest BCUT2D eigenvalue weighted by Gasteiger charge is 2.31. The summed E-state index contributed by atoms with van der Waals surface area (Å²) in [4.78, 5) is 2.74. The number of nitrogens with zero attached hydrogens (tertiary/aromatic N) is 1. The third kappa shape index (κ3) is 2.97. The largest absolute Gasteiger partial charge is 0.300 e. The third-order valence-corrected chi connectivity index (χ3v) is 5.29. The van der Waals surface area contributed by atoms with Crippen LogP contribution in [-0.2, 0) is 0 Å². The SMILES string of the molecule is CC1C(CBr)CCN1CC1CCCCC1. The Bertz CT molecular complexity index is 189. The van der Waals surface area contributed by atoms with Crippen LogP contribution in [0, 0.1) is 11.8 Å². The van der Waals surface area contributed by atoms with Gasteiger partial charge in [-0.25, -0.2) is 0 Å². The van der Waals surface area contributed by atoms with E-state index in [0.29, 0.717) is 0 Å². The number of likely N-dealkylation sites (tertiary alicyclic amines) is 1. The van der Waals surface area contributed by atoms with Gasteiger partial charge < -0.3 is 4.90 Å². The van der Waals surface area contributed by atoms with Gasteiger partial charge >= 0.3 is 0 Å². The van der Waals surface area contributed by atoms with E-state index in [1.165, 1.54) is 56.9 Å². The molecule has 1 aliphatic heterocycles. The summed E-state index contributed by atoms with van der Waals surface area (Å²) in [6, 6.07) is 0.811. The third-order valence-electron chi connectivity index (χ3n) is 4.46. The highest BCUT2D eigenvalue weighted by Crippen LogP contribution is 2.30. The highest BCUT2D eigenvalue weighted by atomic mass is 79.9. The van der Waals surface area contributed by atoms with E-state index in [4.69, 9.17) is 0 Å². The van der Waals surface area contributed by atoms with Crippen molar-refractivity contribution in [3.8, 4) is 0 Å². The molecule has 2 aliphatic rings. The first-order chi connectivity index (χ1) is 7.31. The molecule has 0 aromatic carbocycles. The minimum absolute atomic E-state index is 0.811. The lowest BCUT2D eigenvalue weighted by Crippen LogP contribution is -2.35. The first-order valence-corrected chi connectivity index (χ1v) is 7.73. The molecule has 1 heterocycles. The molecule has 1 saturated heterocycles. The van der Waals surface area contributed by atoms with E-state index < -0.39 is 0 Å². The van der Waals surface area contributed by atoms with Gasteiger partial charge in [0.1, 0.15) is 0 Å². The number of hydrogen-bond acceptors (Lipinski definition) is 1. The van der Waals surface area contributed by atoms with Crippen LogP contribution < -0.4 is 0 Å². The van der Waals surface area contributed by atoms with Crippen LogP contribution in [0.25, 0.3) is 0 Å². The van der Waals surface area contributed by atoms with E-state index in [1.807, 2.05) is 0 Å². The quantitative estimate of drug-likeness (QED) is 0.710.